The number of carbonyl (C=O) groups excluding carboxylic acids is 2. The number of amides is 2. The molecule has 1 aromatic rings. The summed E-state index contributed by atoms with van der Waals surface area (Å²) in [4.78, 5) is 26.7. The molecular formula is C19H29N3O3. The van der Waals surface area contributed by atoms with Gasteiger partial charge in [0, 0.05) is 43.0 Å². The second-order valence-electron chi connectivity index (χ2n) is 8.11. The van der Waals surface area contributed by atoms with Crippen LogP contribution in [0.25, 0.3) is 0 Å². The molecule has 0 radical (unpaired) electrons. The van der Waals surface area contributed by atoms with Crippen LogP contribution in [-0.4, -0.2) is 41.0 Å². The number of unbranched alkanes of at least 4 members (excludes halogenated alkanes) is 1. The molecule has 2 fully saturated rings. The molecule has 1 saturated carbocycles. The van der Waals surface area contributed by atoms with Gasteiger partial charge in [0.25, 0.3) is 5.91 Å². The maximum Gasteiger partial charge on any atom is 0.273 e. The number of nitrogens with zero attached hydrogens (tertiary/aromatic N) is 2. The van der Waals surface area contributed by atoms with Gasteiger partial charge in [-0.2, -0.15) is 0 Å². The highest BCUT2D eigenvalue weighted by molar-refractivity contribution is 5.92. The van der Waals surface area contributed by atoms with Crippen LogP contribution in [0, 0.1) is 5.41 Å². The van der Waals surface area contributed by atoms with Crippen molar-refractivity contribution in [3.8, 4) is 0 Å². The van der Waals surface area contributed by atoms with Gasteiger partial charge in [0.1, 0.15) is 5.76 Å². The molecule has 1 atom stereocenters. The first-order valence-electron chi connectivity index (χ1n) is 9.46. The van der Waals surface area contributed by atoms with Crippen LogP contribution in [0.3, 0.4) is 0 Å². The maximum absolute atomic E-state index is 12.5. The molecule has 2 aliphatic rings. The van der Waals surface area contributed by atoms with Crippen molar-refractivity contribution in [2.24, 2.45) is 5.41 Å². The van der Waals surface area contributed by atoms with Gasteiger partial charge in [0.05, 0.1) is 0 Å². The van der Waals surface area contributed by atoms with Crippen LogP contribution in [0.4, 0.5) is 0 Å². The van der Waals surface area contributed by atoms with E-state index in [0.717, 1.165) is 37.9 Å². The minimum Gasteiger partial charge on any atom is -0.360 e. The summed E-state index contributed by atoms with van der Waals surface area (Å²) in [5.41, 5.74) is 0.193. The molecule has 0 spiro atoms. The second kappa shape index (κ2) is 7.18. The van der Waals surface area contributed by atoms with Gasteiger partial charge < -0.3 is 14.7 Å². The smallest absolute Gasteiger partial charge is 0.273 e. The van der Waals surface area contributed by atoms with Gasteiger partial charge in [-0.3, -0.25) is 9.59 Å². The molecule has 1 unspecified atom stereocenters. The second-order valence-corrected chi connectivity index (χ2v) is 8.11. The Bertz CT molecular complexity index is 634. The fourth-order valence-electron chi connectivity index (χ4n) is 3.51. The topological polar surface area (TPSA) is 75.4 Å². The first-order valence-corrected chi connectivity index (χ1v) is 9.46. The molecule has 1 saturated heterocycles. The molecule has 6 heteroatoms. The highest BCUT2D eigenvalue weighted by Crippen LogP contribution is 2.40. The molecule has 1 aliphatic carbocycles. The van der Waals surface area contributed by atoms with Crippen LogP contribution in [0.2, 0.25) is 0 Å². The van der Waals surface area contributed by atoms with Crippen molar-refractivity contribution in [3.63, 3.8) is 0 Å². The average Bonchev–Trinajstić information content (AvgIpc) is 3.31. The third kappa shape index (κ3) is 4.22. The lowest BCUT2D eigenvalue weighted by molar-refractivity contribution is -0.134. The highest BCUT2D eigenvalue weighted by atomic mass is 16.5. The molecule has 1 aliphatic heterocycles. The van der Waals surface area contributed by atoms with E-state index in [9.17, 15) is 9.59 Å². The predicted molar refractivity (Wildman–Crippen MR) is 94.2 cm³/mol. The predicted octanol–water partition coefficient (Wildman–Crippen LogP) is 3.10. The fourth-order valence-corrected chi connectivity index (χ4v) is 3.51. The van der Waals surface area contributed by atoms with E-state index >= 15 is 0 Å². The number of piperidine rings is 1. The number of rotatable bonds is 6. The number of carbonyl (C=O) groups is 2. The molecule has 2 amide bonds. The number of hydrogen-bond donors (Lipinski definition) is 1. The molecule has 25 heavy (non-hydrogen) atoms. The Balaban J connectivity index is 1.57. The van der Waals surface area contributed by atoms with E-state index in [1.54, 1.807) is 6.07 Å². The molecular weight excluding hydrogens is 318 g/mol. The SMILES string of the molecule is CCCCC(=O)N1CCC(NC(=O)c2cc(C3CC3)on2)C(C)(C)C1. The zero-order valence-corrected chi connectivity index (χ0v) is 15.5. The van der Waals surface area contributed by atoms with Crippen molar-refractivity contribution >= 4 is 11.8 Å². The van der Waals surface area contributed by atoms with E-state index in [-0.39, 0.29) is 23.3 Å². The average molecular weight is 347 g/mol. The Morgan fingerprint density at radius 1 is 1.36 bits per heavy atom. The molecule has 3 rings (SSSR count). The van der Waals surface area contributed by atoms with Crippen LogP contribution >= 0.6 is 0 Å². The van der Waals surface area contributed by atoms with Crippen molar-refractivity contribution in [2.45, 2.75) is 71.3 Å². The highest BCUT2D eigenvalue weighted by Gasteiger charge is 2.38. The Morgan fingerprint density at radius 3 is 2.76 bits per heavy atom. The monoisotopic (exact) mass is 347 g/mol. The summed E-state index contributed by atoms with van der Waals surface area (Å²) in [7, 11) is 0. The summed E-state index contributed by atoms with van der Waals surface area (Å²) in [6.45, 7) is 7.68. The Morgan fingerprint density at radius 2 is 2.12 bits per heavy atom. The van der Waals surface area contributed by atoms with E-state index in [1.807, 2.05) is 4.90 Å². The summed E-state index contributed by atoms with van der Waals surface area (Å²) in [6, 6.07) is 1.79. The van der Waals surface area contributed by atoms with Gasteiger partial charge in [-0.1, -0.05) is 32.3 Å². The van der Waals surface area contributed by atoms with E-state index in [2.05, 4.69) is 31.2 Å². The lowest BCUT2D eigenvalue weighted by Crippen LogP contribution is -2.56. The zero-order valence-electron chi connectivity index (χ0n) is 15.5. The van der Waals surface area contributed by atoms with Crippen molar-refractivity contribution in [1.82, 2.24) is 15.4 Å². The molecule has 138 valence electrons. The summed E-state index contributed by atoms with van der Waals surface area (Å²) in [5, 5.41) is 7.02. The molecule has 1 aromatic heterocycles. The van der Waals surface area contributed by atoms with E-state index < -0.39 is 0 Å². The van der Waals surface area contributed by atoms with Crippen LogP contribution in [-0.2, 0) is 4.79 Å². The third-order valence-corrected chi connectivity index (χ3v) is 5.37. The normalized spacial score (nSPS) is 22.7. The summed E-state index contributed by atoms with van der Waals surface area (Å²) in [5.74, 6) is 1.31. The summed E-state index contributed by atoms with van der Waals surface area (Å²) < 4.78 is 5.27. The van der Waals surface area contributed by atoms with Crippen LogP contribution in [0.5, 0.6) is 0 Å². The van der Waals surface area contributed by atoms with Gasteiger partial charge in [-0.15, -0.1) is 0 Å². The van der Waals surface area contributed by atoms with Gasteiger partial charge >= 0.3 is 0 Å². The maximum atomic E-state index is 12.5. The molecule has 0 aromatic carbocycles. The van der Waals surface area contributed by atoms with Crippen molar-refractivity contribution < 1.29 is 14.1 Å². The van der Waals surface area contributed by atoms with Crippen molar-refractivity contribution in [1.29, 1.82) is 0 Å². The van der Waals surface area contributed by atoms with Crippen molar-refractivity contribution in [2.75, 3.05) is 13.1 Å². The summed E-state index contributed by atoms with van der Waals surface area (Å²) in [6.07, 6.45) is 5.59. The quantitative estimate of drug-likeness (QED) is 0.858. The minimum absolute atomic E-state index is 0.0244. The lowest BCUT2D eigenvalue weighted by Gasteiger charge is -2.44. The van der Waals surface area contributed by atoms with Gasteiger partial charge in [-0.05, 0) is 25.7 Å². The van der Waals surface area contributed by atoms with Crippen LogP contribution in [0.15, 0.2) is 10.6 Å². The Labute approximate surface area is 149 Å². The first kappa shape index (κ1) is 18.0. The van der Waals surface area contributed by atoms with Crippen molar-refractivity contribution in [3.05, 3.63) is 17.5 Å². The molecule has 6 nitrogen and oxygen atoms in total. The van der Waals surface area contributed by atoms with E-state index in [0.29, 0.717) is 31.1 Å². The Hall–Kier alpha value is -1.85. The summed E-state index contributed by atoms with van der Waals surface area (Å²) >= 11 is 0. The fraction of sp³-hybridized carbons (Fsp3) is 0.737. The van der Waals surface area contributed by atoms with Crippen LogP contribution < -0.4 is 5.32 Å². The Kier molecular flexibility index (Phi) is 5.16. The largest absolute Gasteiger partial charge is 0.360 e. The molecule has 1 N–H and O–H groups in total. The van der Waals surface area contributed by atoms with Crippen LogP contribution in [0.1, 0.15) is 81.5 Å². The lowest BCUT2D eigenvalue weighted by atomic mass is 9.79. The number of likely N-dealkylation sites (tertiary alicyclic amines) is 1. The standard InChI is InChI=1S/C19H29N3O3/c1-4-5-6-17(23)22-10-9-16(19(2,3)12-22)20-18(24)14-11-15(25-21-14)13-7-8-13/h11,13,16H,4-10,12H2,1-3H3,(H,20,24). The van der Waals surface area contributed by atoms with E-state index in [4.69, 9.17) is 4.52 Å². The number of hydrogen-bond acceptors (Lipinski definition) is 4. The van der Waals surface area contributed by atoms with E-state index in [1.165, 1.54) is 0 Å². The molecule has 2 heterocycles. The van der Waals surface area contributed by atoms with Gasteiger partial charge in [0.2, 0.25) is 5.91 Å². The number of nitrogens with one attached hydrogen (secondary N) is 1. The van der Waals surface area contributed by atoms with Gasteiger partial charge in [0.15, 0.2) is 5.69 Å². The zero-order chi connectivity index (χ0) is 18.0. The van der Waals surface area contributed by atoms with Gasteiger partial charge in [-0.25, -0.2) is 0 Å². The number of aromatic nitrogens is 1. The first-order chi connectivity index (χ1) is 11.9. The molecule has 0 bridgehead atoms. The minimum atomic E-state index is -0.181. The third-order valence-electron chi connectivity index (χ3n) is 5.37.